The van der Waals surface area contributed by atoms with Crippen molar-refractivity contribution in [1.82, 2.24) is 9.78 Å². The molecule has 1 unspecified atom stereocenters. The third kappa shape index (κ3) is 6.53. The number of morpholine rings is 1. The molecule has 0 radical (unpaired) electrons. The van der Waals surface area contributed by atoms with Gasteiger partial charge in [0.2, 0.25) is 0 Å². The molecule has 1 aromatic heterocycles. The summed E-state index contributed by atoms with van der Waals surface area (Å²) in [5.74, 6) is -1.06. The van der Waals surface area contributed by atoms with E-state index in [4.69, 9.17) is 21.1 Å². The summed E-state index contributed by atoms with van der Waals surface area (Å²) in [6, 6.07) is 17.4. The zero-order valence-corrected chi connectivity index (χ0v) is 21.1. The van der Waals surface area contributed by atoms with E-state index in [0.717, 1.165) is 24.3 Å². The van der Waals surface area contributed by atoms with Gasteiger partial charge in [-0.3, -0.25) is 4.79 Å². The van der Waals surface area contributed by atoms with E-state index in [2.05, 4.69) is 15.3 Å². The first-order valence-electron chi connectivity index (χ1n) is 11.8. The van der Waals surface area contributed by atoms with Crippen molar-refractivity contribution in [2.24, 2.45) is 0 Å². The van der Waals surface area contributed by atoms with Crippen LogP contribution in [0.4, 0.5) is 11.4 Å². The highest BCUT2D eigenvalue weighted by atomic mass is 35.5. The summed E-state index contributed by atoms with van der Waals surface area (Å²) < 4.78 is 12.3. The van der Waals surface area contributed by atoms with Crippen LogP contribution in [0.15, 0.2) is 60.7 Å². The molecule has 0 aliphatic carbocycles. The molecule has 1 aliphatic rings. The number of hydrogen-bond donors (Lipinski definition) is 1. The first-order chi connectivity index (χ1) is 17.4. The summed E-state index contributed by atoms with van der Waals surface area (Å²) in [7, 11) is 0. The summed E-state index contributed by atoms with van der Waals surface area (Å²) in [4.78, 5) is 27.1. The minimum Gasteiger partial charge on any atom is -0.449 e. The van der Waals surface area contributed by atoms with Crippen LogP contribution in [0.5, 0.6) is 0 Å². The summed E-state index contributed by atoms with van der Waals surface area (Å²) in [5.41, 5.74) is 4.08. The summed E-state index contributed by atoms with van der Waals surface area (Å²) >= 11 is 6.49. The summed E-state index contributed by atoms with van der Waals surface area (Å²) in [6.07, 6.45) is 1.84. The lowest BCUT2D eigenvalue weighted by Crippen LogP contribution is -2.36. The van der Waals surface area contributed by atoms with Gasteiger partial charge in [0, 0.05) is 36.1 Å². The van der Waals surface area contributed by atoms with Crippen LogP contribution in [-0.4, -0.2) is 54.1 Å². The Morgan fingerprint density at radius 2 is 1.83 bits per heavy atom. The largest absolute Gasteiger partial charge is 0.449 e. The second-order valence-electron chi connectivity index (χ2n) is 8.48. The number of amides is 1. The van der Waals surface area contributed by atoms with Gasteiger partial charge in [0.05, 0.1) is 25.5 Å². The van der Waals surface area contributed by atoms with Crippen LogP contribution in [-0.2, 0) is 25.6 Å². The maximum absolute atomic E-state index is 12.5. The Morgan fingerprint density at radius 3 is 2.53 bits per heavy atom. The first kappa shape index (κ1) is 25.5. The number of esters is 1. The van der Waals surface area contributed by atoms with Crippen molar-refractivity contribution in [2.45, 2.75) is 26.5 Å². The van der Waals surface area contributed by atoms with Crippen molar-refractivity contribution >= 4 is 40.9 Å². The molecule has 2 aromatic carbocycles. The van der Waals surface area contributed by atoms with Crippen LogP contribution in [0, 0.1) is 6.92 Å². The number of nitrogens with zero attached hydrogens (tertiary/aromatic N) is 3. The van der Waals surface area contributed by atoms with Crippen LogP contribution in [0.2, 0.25) is 5.15 Å². The fourth-order valence-electron chi connectivity index (χ4n) is 3.86. The molecule has 0 bridgehead atoms. The van der Waals surface area contributed by atoms with Gasteiger partial charge in [-0.05, 0) is 49.8 Å². The molecule has 1 aliphatic heterocycles. The van der Waals surface area contributed by atoms with E-state index in [-0.39, 0.29) is 0 Å². The van der Waals surface area contributed by atoms with E-state index in [1.165, 1.54) is 13.0 Å². The predicted octanol–water partition coefficient (Wildman–Crippen LogP) is 4.31. The van der Waals surface area contributed by atoms with E-state index in [1.807, 2.05) is 61.5 Å². The molecule has 4 rings (SSSR count). The number of halogens is 1. The monoisotopic (exact) mass is 508 g/mol. The topological polar surface area (TPSA) is 85.7 Å². The average molecular weight is 509 g/mol. The van der Waals surface area contributed by atoms with Gasteiger partial charge in [-0.25, -0.2) is 9.48 Å². The van der Waals surface area contributed by atoms with Crippen molar-refractivity contribution in [3.05, 3.63) is 82.6 Å². The quantitative estimate of drug-likeness (QED) is 0.360. The Balaban J connectivity index is 1.30. The van der Waals surface area contributed by atoms with Gasteiger partial charge < -0.3 is 19.7 Å². The molecular weight excluding hydrogens is 480 g/mol. The summed E-state index contributed by atoms with van der Waals surface area (Å²) in [6.45, 7) is 6.95. The second kappa shape index (κ2) is 11.9. The van der Waals surface area contributed by atoms with E-state index in [0.29, 0.717) is 41.9 Å². The van der Waals surface area contributed by atoms with Gasteiger partial charge in [0.25, 0.3) is 5.91 Å². The maximum atomic E-state index is 12.5. The fraction of sp³-hybridized carbons (Fsp3) is 0.296. The van der Waals surface area contributed by atoms with Gasteiger partial charge in [-0.15, -0.1) is 0 Å². The van der Waals surface area contributed by atoms with Crippen LogP contribution in [0.1, 0.15) is 23.7 Å². The van der Waals surface area contributed by atoms with Crippen LogP contribution in [0.3, 0.4) is 0 Å². The van der Waals surface area contributed by atoms with E-state index in [9.17, 15) is 9.59 Å². The number of ether oxygens (including phenoxy) is 2. The Kier molecular flexibility index (Phi) is 8.40. The Bertz CT molecular complexity index is 1220. The molecule has 2 heterocycles. The molecule has 8 nitrogen and oxygen atoms in total. The van der Waals surface area contributed by atoms with Gasteiger partial charge in [-0.2, -0.15) is 5.10 Å². The predicted molar refractivity (Wildman–Crippen MR) is 140 cm³/mol. The van der Waals surface area contributed by atoms with Crippen molar-refractivity contribution < 1.29 is 19.1 Å². The zero-order chi connectivity index (χ0) is 25.5. The van der Waals surface area contributed by atoms with E-state index < -0.39 is 18.0 Å². The lowest BCUT2D eigenvalue weighted by atomic mass is 10.2. The van der Waals surface area contributed by atoms with Gasteiger partial charge in [-0.1, -0.05) is 41.9 Å². The number of anilines is 2. The number of nitrogens with one attached hydrogen (secondary N) is 1. The highest BCUT2D eigenvalue weighted by Gasteiger charge is 2.18. The Hall–Kier alpha value is -3.62. The van der Waals surface area contributed by atoms with Gasteiger partial charge >= 0.3 is 5.97 Å². The molecular formula is C27H29ClN4O4. The van der Waals surface area contributed by atoms with Crippen molar-refractivity contribution in [3.8, 4) is 0 Å². The van der Waals surface area contributed by atoms with E-state index in [1.54, 1.807) is 10.8 Å². The molecule has 0 saturated carbocycles. The SMILES string of the molecule is Cc1nn(Cc2ccccc2)c(Cl)c1C=CC(=O)OC(C)C(=O)Nc1ccc(N2CCOCC2)cc1. The zero-order valence-electron chi connectivity index (χ0n) is 20.3. The van der Waals surface area contributed by atoms with Crippen LogP contribution in [0.25, 0.3) is 6.08 Å². The molecule has 1 atom stereocenters. The maximum Gasteiger partial charge on any atom is 0.331 e. The van der Waals surface area contributed by atoms with Gasteiger partial charge in [0.1, 0.15) is 5.15 Å². The summed E-state index contributed by atoms with van der Waals surface area (Å²) in [5, 5.41) is 7.66. The number of benzene rings is 2. The highest BCUT2D eigenvalue weighted by molar-refractivity contribution is 6.31. The standard InChI is InChI=1S/C27H29ClN4O4/c1-19-24(26(28)32(30-19)18-21-6-4-3-5-7-21)12-13-25(33)36-20(2)27(34)29-22-8-10-23(11-9-22)31-14-16-35-17-15-31/h3-13,20H,14-18H2,1-2H3,(H,29,34). The highest BCUT2D eigenvalue weighted by Crippen LogP contribution is 2.23. The third-order valence-corrected chi connectivity index (χ3v) is 6.24. The molecule has 1 saturated heterocycles. The minimum absolute atomic E-state index is 0.416. The third-order valence-electron chi connectivity index (χ3n) is 5.84. The minimum atomic E-state index is -0.974. The lowest BCUT2D eigenvalue weighted by molar-refractivity contribution is -0.148. The number of rotatable bonds is 8. The van der Waals surface area contributed by atoms with Crippen molar-refractivity contribution in [2.75, 3.05) is 36.5 Å². The lowest BCUT2D eigenvalue weighted by Gasteiger charge is -2.28. The second-order valence-corrected chi connectivity index (χ2v) is 8.84. The molecule has 1 fully saturated rings. The van der Waals surface area contributed by atoms with Crippen LogP contribution < -0.4 is 10.2 Å². The Labute approximate surface area is 215 Å². The molecule has 9 heteroatoms. The van der Waals surface area contributed by atoms with Gasteiger partial charge in [0.15, 0.2) is 6.10 Å². The number of carbonyl (C=O) groups is 2. The average Bonchev–Trinajstić information content (AvgIpc) is 3.16. The molecule has 1 amide bonds. The van der Waals surface area contributed by atoms with Crippen molar-refractivity contribution in [1.29, 1.82) is 0 Å². The Morgan fingerprint density at radius 1 is 1.14 bits per heavy atom. The molecule has 188 valence electrons. The number of aromatic nitrogens is 2. The smallest absolute Gasteiger partial charge is 0.331 e. The van der Waals surface area contributed by atoms with Crippen molar-refractivity contribution in [3.63, 3.8) is 0 Å². The molecule has 3 aromatic rings. The number of hydrogen-bond acceptors (Lipinski definition) is 6. The van der Waals surface area contributed by atoms with E-state index >= 15 is 0 Å². The normalized spacial score (nSPS) is 14.6. The molecule has 0 spiro atoms. The molecule has 36 heavy (non-hydrogen) atoms. The fourth-order valence-corrected chi connectivity index (χ4v) is 4.15. The molecule has 1 N–H and O–H groups in total. The van der Waals surface area contributed by atoms with Crippen LogP contribution >= 0.6 is 11.6 Å². The first-order valence-corrected chi connectivity index (χ1v) is 12.2. The number of aryl methyl sites for hydroxylation is 1. The number of carbonyl (C=O) groups excluding carboxylic acids is 2.